The van der Waals surface area contributed by atoms with E-state index in [0.717, 1.165) is 5.56 Å². The summed E-state index contributed by atoms with van der Waals surface area (Å²) in [7, 11) is 0. The molecule has 0 saturated heterocycles. The Labute approximate surface area is 151 Å². The van der Waals surface area contributed by atoms with Crippen LogP contribution in [0.25, 0.3) is 0 Å². The molecule has 0 spiro atoms. The number of aromatic hydroxyl groups is 1. The predicted molar refractivity (Wildman–Crippen MR) is 102 cm³/mol. The highest BCUT2D eigenvalue weighted by atomic mass is 35.5. The summed E-state index contributed by atoms with van der Waals surface area (Å²) in [6.45, 7) is 6.22. The number of hydrogen-bond donors (Lipinski definition) is 3. The van der Waals surface area contributed by atoms with Crippen molar-refractivity contribution in [3.63, 3.8) is 0 Å². The van der Waals surface area contributed by atoms with Crippen LogP contribution >= 0.6 is 23.8 Å². The number of benzene rings is 2. The number of carbonyl (C=O) groups excluding carboxylic acids is 1. The summed E-state index contributed by atoms with van der Waals surface area (Å²) in [5, 5.41) is 16.1. The molecule has 3 N–H and O–H groups in total. The molecule has 0 atom stereocenters. The van der Waals surface area contributed by atoms with Gasteiger partial charge in [0.25, 0.3) is 5.91 Å². The fourth-order valence-electron chi connectivity index (χ4n) is 2.03. The molecule has 6 heteroatoms. The number of amides is 1. The normalized spacial score (nSPS) is 11.0. The first-order chi connectivity index (χ1) is 11.2. The standard InChI is InChI=1S/C18H19ClN2O2S/c1-18(2,3)12-6-9-15(22)14(10-12)20-17(24)21-16(23)11-4-7-13(19)8-5-11/h4-10,22H,1-3H3,(H2,20,21,23,24). The average molecular weight is 363 g/mol. The predicted octanol–water partition coefficient (Wildman–Crippen LogP) is 4.47. The summed E-state index contributed by atoms with van der Waals surface area (Å²) in [6, 6.07) is 11.8. The third-order valence-corrected chi connectivity index (χ3v) is 3.90. The monoisotopic (exact) mass is 362 g/mol. The number of phenolic OH excluding ortho intramolecular Hbond substituents is 1. The Bertz CT molecular complexity index is 768. The van der Waals surface area contributed by atoms with Crippen molar-refractivity contribution in [3.05, 3.63) is 58.6 Å². The van der Waals surface area contributed by atoms with E-state index in [0.29, 0.717) is 16.3 Å². The van der Waals surface area contributed by atoms with E-state index in [2.05, 4.69) is 31.4 Å². The molecule has 4 nitrogen and oxygen atoms in total. The van der Waals surface area contributed by atoms with Crippen LogP contribution in [-0.4, -0.2) is 16.1 Å². The van der Waals surface area contributed by atoms with E-state index >= 15 is 0 Å². The third-order valence-electron chi connectivity index (χ3n) is 3.44. The van der Waals surface area contributed by atoms with Crippen molar-refractivity contribution in [1.29, 1.82) is 0 Å². The maximum absolute atomic E-state index is 12.1. The Morgan fingerprint density at radius 1 is 1.12 bits per heavy atom. The van der Waals surface area contributed by atoms with Gasteiger partial charge in [-0.15, -0.1) is 0 Å². The zero-order valence-electron chi connectivity index (χ0n) is 13.7. The second-order valence-electron chi connectivity index (χ2n) is 6.40. The Hall–Kier alpha value is -2.11. The highest BCUT2D eigenvalue weighted by Gasteiger charge is 2.16. The Morgan fingerprint density at radius 2 is 1.75 bits per heavy atom. The summed E-state index contributed by atoms with van der Waals surface area (Å²) >= 11 is 11.0. The molecular weight excluding hydrogens is 344 g/mol. The fourth-order valence-corrected chi connectivity index (χ4v) is 2.36. The van der Waals surface area contributed by atoms with E-state index in [9.17, 15) is 9.90 Å². The van der Waals surface area contributed by atoms with Gasteiger partial charge in [0.15, 0.2) is 5.11 Å². The molecule has 2 aromatic carbocycles. The van der Waals surface area contributed by atoms with Gasteiger partial charge in [0.2, 0.25) is 0 Å². The van der Waals surface area contributed by atoms with Crippen molar-refractivity contribution >= 4 is 40.5 Å². The van der Waals surface area contributed by atoms with Crippen LogP contribution in [0.4, 0.5) is 5.69 Å². The molecule has 0 aliphatic carbocycles. The summed E-state index contributed by atoms with van der Waals surface area (Å²) in [5.74, 6) is -0.290. The molecular formula is C18H19ClN2O2S. The summed E-state index contributed by atoms with van der Waals surface area (Å²) in [4.78, 5) is 12.1. The molecule has 24 heavy (non-hydrogen) atoms. The van der Waals surface area contributed by atoms with Crippen molar-refractivity contribution in [2.75, 3.05) is 5.32 Å². The number of phenols is 1. The SMILES string of the molecule is CC(C)(C)c1ccc(O)c(NC(=S)NC(=O)c2ccc(Cl)cc2)c1. The van der Waals surface area contributed by atoms with Gasteiger partial charge in [-0.1, -0.05) is 38.4 Å². The maximum atomic E-state index is 12.1. The van der Waals surface area contributed by atoms with Crippen molar-refractivity contribution < 1.29 is 9.90 Å². The molecule has 1 amide bonds. The Morgan fingerprint density at radius 3 is 2.33 bits per heavy atom. The highest BCUT2D eigenvalue weighted by Crippen LogP contribution is 2.30. The van der Waals surface area contributed by atoms with Crippen LogP contribution < -0.4 is 10.6 Å². The Balaban J connectivity index is 2.09. The van der Waals surface area contributed by atoms with Crippen LogP contribution in [0.15, 0.2) is 42.5 Å². The third kappa shape index (κ3) is 4.69. The van der Waals surface area contributed by atoms with Gasteiger partial charge in [0, 0.05) is 10.6 Å². The molecule has 2 aromatic rings. The lowest BCUT2D eigenvalue weighted by atomic mass is 9.87. The molecule has 0 bridgehead atoms. The van der Waals surface area contributed by atoms with E-state index < -0.39 is 0 Å². The molecule has 2 rings (SSSR count). The van der Waals surface area contributed by atoms with Crippen molar-refractivity contribution in [1.82, 2.24) is 5.32 Å². The van der Waals surface area contributed by atoms with Crippen LogP contribution in [0.1, 0.15) is 36.7 Å². The Kier molecular flexibility index (Phi) is 5.47. The molecule has 0 heterocycles. The van der Waals surface area contributed by atoms with Gasteiger partial charge in [-0.3, -0.25) is 10.1 Å². The summed E-state index contributed by atoms with van der Waals surface area (Å²) in [5.41, 5.74) is 1.85. The van der Waals surface area contributed by atoms with E-state index in [1.165, 1.54) is 0 Å². The molecule has 0 saturated carbocycles. The van der Waals surface area contributed by atoms with E-state index in [1.54, 1.807) is 30.3 Å². The van der Waals surface area contributed by atoms with Gasteiger partial charge in [-0.25, -0.2) is 0 Å². The van der Waals surface area contributed by atoms with E-state index in [-0.39, 0.29) is 22.2 Å². The largest absolute Gasteiger partial charge is 0.506 e. The average Bonchev–Trinajstić information content (AvgIpc) is 2.48. The van der Waals surface area contributed by atoms with Crippen molar-refractivity contribution in [3.8, 4) is 5.75 Å². The van der Waals surface area contributed by atoms with Gasteiger partial charge < -0.3 is 10.4 Å². The first-order valence-electron chi connectivity index (χ1n) is 7.38. The second-order valence-corrected chi connectivity index (χ2v) is 7.24. The second kappa shape index (κ2) is 7.20. The lowest BCUT2D eigenvalue weighted by Crippen LogP contribution is -2.34. The number of anilines is 1. The van der Waals surface area contributed by atoms with Gasteiger partial charge in [-0.05, 0) is 59.6 Å². The van der Waals surface area contributed by atoms with E-state index in [1.807, 2.05) is 12.1 Å². The van der Waals surface area contributed by atoms with Crippen molar-refractivity contribution in [2.24, 2.45) is 0 Å². The van der Waals surface area contributed by atoms with Gasteiger partial charge >= 0.3 is 0 Å². The molecule has 0 aliphatic rings. The number of nitrogens with one attached hydrogen (secondary N) is 2. The highest BCUT2D eigenvalue weighted by molar-refractivity contribution is 7.80. The fraction of sp³-hybridized carbons (Fsp3) is 0.222. The summed E-state index contributed by atoms with van der Waals surface area (Å²) in [6.07, 6.45) is 0. The van der Waals surface area contributed by atoms with E-state index in [4.69, 9.17) is 23.8 Å². The van der Waals surface area contributed by atoms with Crippen LogP contribution in [-0.2, 0) is 5.41 Å². The number of rotatable bonds is 2. The maximum Gasteiger partial charge on any atom is 0.257 e. The molecule has 0 aromatic heterocycles. The van der Waals surface area contributed by atoms with Crippen molar-refractivity contribution in [2.45, 2.75) is 26.2 Å². The molecule has 0 fully saturated rings. The molecule has 126 valence electrons. The topological polar surface area (TPSA) is 61.4 Å². The lowest BCUT2D eigenvalue weighted by Gasteiger charge is -2.21. The smallest absolute Gasteiger partial charge is 0.257 e. The van der Waals surface area contributed by atoms with Crippen LogP contribution in [0, 0.1) is 0 Å². The molecule has 0 aliphatic heterocycles. The van der Waals surface area contributed by atoms with Gasteiger partial charge in [0.1, 0.15) is 5.75 Å². The first-order valence-corrected chi connectivity index (χ1v) is 8.17. The first kappa shape index (κ1) is 18.2. The quantitative estimate of drug-likeness (QED) is 0.545. The number of thiocarbonyl (C=S) groups is 1. The minimum atomic E-state index is -0.351. The number of carbonyl (C=O) groups is 1. The number of halogens is 1. The summed E-state index contributed by atoms with van der Waals surface area (Å²) < 4.78 is 0. The van der Waals surface area contributed by atoms with Gasteiger partial charge in [0.05, 0.1) is 5.69 Å². The lowest BCUT2D eigenvalue weighted by molar-refractivity contribution is 0.0977. The zero-order chi connectivity index (χ0) is 17.9. The minimum absolute atomic E-state index is 0.0612. The number of hydrogen-bond acceptors (Lipinski definition) is 3. The van der Waals surface area contributed by atoms with Crippen LogP contribution in [0.5, 0.6) is 5.75 Å². The van der Waals surface area contributed by atoms with Crippen LogP contribution in [0.3, 0.4) is 0 Å². The van der Waals surface area contributed by atoms with Crippen LogP contribution in [0.2, 0.25) is 5.02 Å². The minimum Gasteiger partial charge on any atom is -0.506 e. The molecule has 0 radical (unpaired) electrons. The van der Waals surface area contributed by atoms with Gasteiger partial charge in [-0.2, -0.15) is 0 Å². The molecule has 0 unspecified atom stereocenters. The zero-order valence-corrected chi connectivity index (χ0v) is 15.3.